The van der Waals surface area contributed by atoms with Crippen molar-refractivity contribution in [3.05, 3.63) is 29.6 Å². The Labute approximate surface area is 170 Å². The minimum absolute atomic E-state index is 0.636. The molecule has 9 nitrogen and oxygen atoms in total. The highest BCUT2D eigenvalue weighted by Gasteiger charge is 2.09. The standard InChI is InChI=1S/C19H41N9/c20-4-8-24-10-14-27(12-6-22)16-18-2-1-3-19(26-18)17-28(13-7-23)15-11-25-9-5-21/h1-3,24-25H,4-17,20-23H2. The van der Waals surface area contributed by atoms with Crippen molar-refractivity contribution in [3.63, 3.8) is 0 Å². The van der Waals surface area contributed by atoms with Crippen LogP contribution in [0.2, 0.25) is 0 Å². The fraction of sp³-hybridized carbons (Fsp3) is 0.737. The summed E-state index contributed by atoms with van der Waals surface area (Å²) in [6.07, 6.45) is 0. The summed E-state index contributed by atoms with van der Waals surface area (Å²) in [7, 11) is 0. The average molecular weight is 396 g/mol. The van der Waals surface area contributed by atoms with Gasteiger partial charge in [-0.15, -0.1) is 0 Å². The van der Waals surface area contributed by atoms with Crippen molar-refractivity contribution in [1.29, 1.82) is 0 Å². The second-order valence-corrected chi connectivity index (χ2v) is 6.83. The average Bonchev–Trinajstić information content (AvgIpc) is 2.69. The molecule has 1 rings (SSSR count). The van der Waals surface area contributed by atoms with E-state index in [4.69, 9.17) is 27.9 Å². The van der Waals surface area contributed by atoms with Crippen molar-refractivity contribution >= 4 is 0 Å². The molecule has 0 fully saturated rings. The third-order valence-electron chi connectivity index (χ3n) is 4.38. The van der Waals surface area contributed by atoms with Crippen LogP contribution >= 0.6 is 0 Å². The van der Waals surface area contributed by atoms with E-state index in [1.165, 1.54) is 0 Å². The lowest BCUT2D eigenvalue weighted by Crippen LogP contribution is -2.37. The summed E-state index contributed by atoms with van der Waals surface area (Å²) in [5, 5.41) is 6.66. The second-order valence-electron chi connectivity index (χ2n) is 6.83. The van der Waals surface area contributed by atoms with Crippen molar-refractivity contribution in [2.24, 2.45) is 22.9 Å². The van der Waals surface area contributed by atoms with Crippen molar-refractivity contribution < 1.29 is 0 Å². The van der Waals surface area contributed by atoms with Crippen molar-refractivity contribution in [1.82, 2.24) is 25.4 Å². The molecule has 1 aromatic heterocycles. The molecular weight excluding hydrogens is 354 g/mol. The van der Waals surface area contributed by atoms with Gasteiger partial charge in [-0.3, -0.25) is 14.8 Å². The van der Waals surface area contributed by atoms with Gasteiger partial charge in [-0.25, -0.2) is 0 Å². The maximum absolute atomic E-state index is 5.78. The quantitative estimate of drug-likeness (QED) is 0.151. The number of aromatic nitrogens is 1. The predicted molar refractivity (Wildman–Crippen MR) is 117 cm³/mol. The summed E-state index contributed by atoms with van der Waals surface area (Å²) in [5.74, 6) is 0. The van der Waals surface area contributed by atoms with Gasteiger partial charge >= 0.3 is 0 Å². The Bertz CT molecular complexity index is 447. The van der Waals surface area contributed by atoms with Crippen LogP contribution < -0.4 is 33.6 Å². The van der Waals surface area contributed by atoms with Gasteiger partial charge in [0.25, 0.3) is 0 Å². The molecule has 28 heavy (non-hydrogen) atoms. The van der Waals surface area contributed by atoms with Gasteiger partial charge < -0.3 is 33.6 Å². The van der Waals surface area contributed by atoms with Gasteiger partial charge in [0.15, 0.2) is 0 Å². The fourth-order valence-corrected chi connectivity index (χ4v) is 3.00. The summed E-state index contributed by atoms with van der Waals surface area (Å²) in [4.78, 5) is 9.51. The first kappa shape index (κ1) is 24.9. The maximum atomic E-state index is 5.78. The Morgan fingerprint density at radius 1 is 0.643 bits per heavy atom. The van der Waals surface area contributed by atoms with Crippen LogP contribution in [-0.4, -0.2) is 93.3 Å². The van der Waals surface area contributed by atoms with Crippen LogP contribution in [0.1, 0.15) is 11.4 Å². The summed E-state index contributed by atoms with van der Waals surface area (Å²) in [6, 6.07) is 6.24. The molecule has 0 radical (unpaired) electrons. The van der Waals surface area contributed by atoms with E-state index in [0.29, 0.717) is 26.2 Å². The van der Waals surface area contributed by atoms with Gasteiger partial charge in [-0.1, -0.05) is 6.07 Å². The van der Waals surface area contributed by atoms with Crippen LogP contribution in [-0.2, 0) is 13.1 Å². The molecule has 0 atom stereocenters. The smallest absolute Gasteiger partial charge is 0.0547 e. The van der Waals surface area contributed by atoms with Gasteiger partial charge in [0, 0.05) is 91.6 Å². The van der Waals surface area contributed by atoms with Crippen LogP contribution in [0.3, 0.4) is 0 Å². The molecule has 0 saturated carbocycles. The summed E-state index contributed by atoms with van der Waals surface area (Å²) < 4.78 is 0. The molecule has 0 aliphatic heterocycles. The minimum Gasteiger partial charge on any atom is -0.329 e. The van der Waals surface area contributed by atoms with Gasteiger partial charge in [0.2, 0.25) is 0 Å². The molecular formula is C19H41N9. The number of pyridine rings is 1. The Kier molecular flexibility index (Phi) is 14.9. The van der Waals surface area contributed by atoms with E-state index in [1.54, 1.807) is 0 Å². The summed E-state index contributed by atoms with van der Waals surface area (Å²) >= 11 is 0. The molecule has 0 saturated heterocycles. The summed E-state index contributed by atoms with van der Waals surface area (Å²) in [6.45, 7) is 11.2. The van der Waals surface area contributed by atoms with E-state index in [2.05, 4.69) is 38.6 Å². The van der Waals surface area contributed by atoms with E-state index < -0.39 is 0 Å². The van der Waals surface area contributed by atoms with Crippen molar-refractivity contribution in [2.75, 3.05) is 78.5 Å². The van der Waals surface area contributed by atoms with E-state index >= 15 is 0 Å². The Hall–Kier alpha value is -1.17. The lowest BCUT2D eigenvalue weighted by molar-refractivity contribution is 0.262. The van der Waals surface area contributed by atoms with Crippen molar-refractivity contribution in [3.8, 4) is 0 Å². The third-order valence-corrected chi connectivity index (χ3v) is 4.38. The lowest BCUT2D eigenvalue weighted by Gasteiger charge is -2.23. The number of hydrogen-bond donors (Lipinski definition) is 6. The Morgan fingerprint density at radius 2 is 1.11 bits per heavy atom. The zero-order chi connectivity index (χ0) is 20.5. The first-order valence-electron chi connectivity index (χ1n) is 10.3. The molecule has 0 aromatic carbocycles. The Morgan fingerprint density at radius 3 is 1.50 bits per heavy atom. The number of nitrogens with one attached hydrogen (secondary N) is 2. The van der Waals surface area contributed by atoms with Crippen molar-refractivity contribution in [2.45, 2.75) is 13.1 Å². The molecule has 1 heterocycles. The normalized spacial score (nSPS) is 11.6. The SMILES string of the molecule is NCCNCCN(CCN)Cc1cccc(CN(CCN)CCNCCN)n1. The molecule has 0 unspecified atom stereocenters. The highest BCUT2D eigenvalue weighted by molar-refractivity contribution is 5.11. The van der Waals surface area contributed by atoms with E-state index in [1.807, 2.05) is 0 Å². The van der Waals surface area contributed by atoms with Crippen LogP contribution in [0.4, 0.5) is 0 Å². The van der Waals surface area contributed by atoms with Crippen LogP contribution in [0, 0.1) is 0 Å². The Balaban J connectivity index is 2.58. The zero-order valence-electron chi connectivity index (χ0n) is 17.3. The third kappa shape index (κ3) is 11.6. The van der Waals surface area contributed by atoms with E-state index in [-0.39, 0.29) is 0 Å². The fourth-order valence-electron chi connectivity index (χ4n) is 3.00. The molecule has 9 heteroatoms. The van der Waals surface area contributed by atoms with Gasteiger partial charge in [-0.2, -0.15) is 0 Å². The van der Waals surface area contributed by atoms with Gasteiger partial charge in [-0.05, 0) is 12.1 Å². The molecule has 0 amide bonds. The molecule has 0 bridgehead atoms. The van der Waals surface area contributed by atoms with Gasteiger partial charge in [0.1, 0.15) is 0 Å². The van der Waals surface area contributed by atoms with Crippen LogP contribution in [0.5, 0.6) is 0 Å². The molecule has 0 spiro atoms. The zero-order valence-corrected chi connectivity index (χ0v) is 17.3. The lowest BCUT2D eigenvalue weighted by atomic mass is 10.2. The number of rotatable bonds is 18. The largest absolute Gasteiger partial charge is 0.329 e. The first-order chi connectivity index (χ1) is 13.7. The highest BCUT2D eigenvalue weighted by atomic mass is 15.2. The van der Waals surface area contributed by atoms with Crippen LogP contribution in [0.15, 0.2) is 18.2 Å². The molecule has 1 aromatic rings. The maximum Gasteiger partial charge on any atom is 0.0547 e. The molecule has 162 valence electrons. The molecule has 0 aliphatic carbocycles. The first-order valence-corrected chi connectivity index (χ1v) is 10.3. The van der Waals surface area contributed by atoms with Crippen LogP contribution in [0.25, 0.3) is 0 Å². The molecule has 10 N–H and O–H groups in total. The predicted octanol–water partition coefficient (Wildman–Crippen LogP) is -2.30. The van der Waals surface area contributed by atoms with E-state index in [9.17, 15) is 0 Å². The van der Waals surface area contributed by atoms with E-state index in [0.717, 1.165) is 76.8 Å². The summed E-state index contributed by atoms with van der Waals surface area (Å²) in [5.41, 5.74) is 24.7. The number of nitrogens with two attached hydrogens (primary N) is 4. The van der Waals surface area contributed by atoms with Gasteiger partial charge in [0.05, 0.1) is 11.4 Å². The highest BCUT2D eigenvalue weighted by Crippen LogP contribution is 2.06. The number of nitrogens with zero attached hydrogens (tertiary/aromatic N) is 3. The monoisotopic (exact) mass is 395 g/mol. The second kappa shape index (κ2) is 16.8. The molecule has 0 aliphatic rings. The topological polar surface area (TPSA) is 148 Å². The number of hydrogen-bond acceptors (Lipinski definition) is 9. The minimum atomic E-state index is 0.636.